The number of ketones is 2. The molecule has 2 aromatic rings. The zero-order valence-electron chi connectivity index (χ0n) is 19.9. The van der Waals surface area contributed by atoms with Gasteiger partial charge >= 0.3 is 0 Å². The molecule has 0 saturated carbocycles. The molecule has 36 heavy (non-hydrogen) atoms. The molecule has 1 amide bonds. The number of carbonyl (C=O) groups excluding carboxylic acids is 3. The Morgan fingerprint density at radius 2 is 1.58 bits per heavy atom. The number of nitrogens with one attached hydrogen (secondary N) is 1. The fraction of sp³-hybridized carbons (Fsp3) is 0.321. The predicted molar refractivity (Wildman–Crippen MR) is 139 cm³/mol. The van der Waals surface area contributed by atoms with E-state index in [-0.39, 0.29) is 24.1 Å². The summed E-state index contributed by atoms with van der Waals surface area (Å²) in [7, 11) is 1.97. The molecule has 0 radical (unpaired) electrons. The fourth-order valence-corrected chi connectivity index (χ4v) is 5.73. The molecule has 1 heterocycles. The van der Waals surface area contributed by atoms with E-state index in [4.69, 9.17) is 27.9 Å². The zero-order valence-corrected chi connectivity index (χ0v) is 21.4. The van der Waals surface area contributed by atoms with E-state index >= 15 is 0 Å². The maximum absolute atomic E-state index is 13.2. The summed E-state index contributed by atoms with van der Waals surface area (Å²) in [6, 6.07) is 12.2. The minimum atomic E-state index is -0.485. The van der Waals surface area contributed by atoms with Gasteiger partial charge in [-0.3, -0.25) is 14.4 Å². The molecule has 0 atom stereocenters. The Balaban J connectivity index is 1.47. The molecule has 1 N–H and O–H groups in total. The van der Waals surface area contributed by atoms with Crippen LogP contribution in [0.5, 0.6) is 5.75 Å². The van der Waals surface area contributed by atoms with Gasteiger partial charge in [-0.05, 0) is 49.9 Å². The molecule has 6 nitrogen and oxygen atoms in total. The third-order valence-electron chi connectivity index (χ3n) is 7.04. The standard InChI is InChI=1S/C28H26Cl2N2O4/c1-32-20-7-4-9-22(33)27(20)26(28-21(32)8-5-10-23(28)34)17-6-2-3-11-24(17)36-15-25(35)31-16-12-13-18(29)19(30)14-16/h2-3,6,11-14,26H,4-5,7-10,15H2,1H3,(H,31,35). The van der Waals surface area contributed by atoms with Gasteiger partial charge in [0.05, 0.1) is 10.0 Å². The van der Waals surface area contributed by atoms with E-state index in [0.717, 1.165) is 42.6 Å². The molecule has 0 spiro atoms. The van der Waals surface area contributed by atoms with Gasteiger partial charge in [0.15, 0.2) is 18.2 Å². The van der Waals surface area contributed by atoms with E-state index in [0.29, 0.717) is 45.5 Å². The first kappa shape index (κ1) is 24.6. The van der Waals surface area contributed by atoms with Crippen LogP contribution in [0.2, 0.25) is 10.0 Å². The SMILES string of the molecule is CN1C2=C(C(=O)CCC2)C(c2ccccc2OCC(=O)Nc2ccc(Cl)c(Cl)c2)C2=C1CCCC2=O. The Hall–Kier alpha value is -3.09. The number of carbonyl (C=O) groups is 3. The minimum absolute atomic E-state index is 0.0742. The number of hydrogen-bond donors (Lipinski definition) is 1. The number of Topliss-reactive ketones (excluding diaryl/α,β-unsaturated/α-hetero) is 2. The van der Waals surface area contributed by atoms with E-state index in [1.165, 1.54) is 0 Å². The molecule has 8 heteroatoms. The second-order valence-electron chi connectivity index (χ2n) is 9.27. The van der Waals surface area contributed by atoms with Crippen LogP contribution < -0.4 is 10.1 Å². The lowest BCUT2D eigenvalue weighted by atomic mass is 9.71. The average molecular weight is 525 g/mol. The van der Waals surface area contributed by atoms with Crippen molar-refractivity contribution in [3.63, 3.8) is 0 Å². The minimum Gasteiger partial charge on any atom is -0.483 e. The number of para-hydroxylation sites is 1. The van der Waals surface area contributed by atoms with Crippen molar-refractivity contribution >= 4 is 46.4 Å². The third-order valence-corrected chi connectivity index (χ3v) is 7.78. The van der Waals surface area contributed by atoms with Crippen LogP contribution in [0, 0.1) is 0 Å². The van der Waals surface area contributed by atoms with Crippen LogP contribution >= 0.6 is 23.2 Å². The number of anilines is 1. The second kappa shape index (κ2) is 10.1. The molecular formula is C28H26Cl2N2O4. The van der Waals surface area contributed by atoms with Crippen molar-refractivity contribution in [2.45, 2.75) is 44.4 Å². The van der Waals surface area contributed by atoms with Crippen LogP contribution in [-0.2, 0) is 14.4 Å². The lowest BCUT2D eigenvalue weighted by Gasteiger charge is -2.42. The van der Waals surface area contributed by atoms with E-state index in [9.17, 15) is 14.4 Å². The molecule has 0 unspecified atom stereocenters. The molecule has 5 rings (SSSR count). The van der Waals surface area contributed by atoms with E-state index in [1.807, 2.05) is 25.2 Å². The average Bonchev–Trinajstić information content (AvgIpc) is 2.86. The molecule has 0 bridgehead atoms. The lowest BCUT2D eigenvalue weighted by molar-refractivity contribution is -0.119. The quantitative estimate of drug-likeness (QED) is 0.514. The first-order valence-electron chi connectivity index (χ1n) is 12.1. The van der Waals surface area contributed by atoms with Crippen LogP contribution in [0.3, 0.4) is 0 Å². The van der Waals surface area contributed by atoms with E-state index in [2.05, 4.69) is 10.2 Å². The molecule has 186 valence electrons. The number of amides is 1. The number of halogens is 2. The number of benzene rings is 2. The summed E-state index contributed by atoms with van der Waals surface area (Å²) in [5.74, 6) is -0.225. The van der Waals surface area contributed by atoms with Gasteiger partial charge < -0.3 is 15.0 Å². The normalized spacial score (nSPS) is 18.2. The summed E-state index contributed by atoms with van der Waals surface area (Å²) in [5.41, 5.74) is 4.61. The highest BCUT2D eigenvalue weighted by atomic mass is 35.5. The maximum Gasteiger partial charge on any atom is 0.262 e. The first-order chi connectivity index (χ1) is 17.3. The molecule has 2 aromatic carbocycles. The Morgan fingerprint density at radius 3 is 2.22 bits per heavy atom. The van der Waals surface area contributed by atoms with Crippen molar-refractivity contribution in [3.05, 3.63) is 80.6 Å². The van der Waals surface area contributed by atoms with Crippen molar-refractivity contribution < 1.29 is 19.1 Å². The number of allylic oxidation sites excluding steroid dienone is 4. The van der Waals surface area contributed by atoms with Crippen molar-refractivity contribution in [1.82, 2.24) is 4.90 Å². The zero-order chi connectivity index (χ0) is 25.4. The Labute approximate surface area is 219 Å². The molecule has 0 saturated heterocycles. The van der Waals surface area contributed by atoms with Crippen LogP contribution in [0.15, 0.2) is 65.0 Å². The van der Waals surface area contributed by atoms with Gasteiger partial charge in [0.25, 0.3) is 5.91 Å². The first-order valence-corrected chi connectivity index (χ1v) is 12.8. The molecular weight excluding hydrogens is 499 g/mol. The Morgan fingerprint density at radius 1 is 0.944 bits per heavy atom. The van der Waals surface area contributed by atoms with Gasteiger partial charge in [-0.25, -0.2) is 0 Å². The van der Waals surface area contributed by atoms with Gasteiger partial charge in [-0.15, -0.1) is 0 Å². The van der Waals surface area contributed by atoms with Crippen LogP contribution in [0.1, 0.15) is 50.0 Å². The summed E-state index contributed by atoms with van der Waals surface area (Å²) in [4.78, 5) is 41.2. The number of rotatable bonds is 5. The maximum atomic E-state index is 13.2. The molecule has 0 aromatic heterocycles. The summed E-state index contributed by atoms with van der Waals surface area (Å²) in [6.07, 6.45) is 4.14. The summed E-state index contributed by atoms with van der Waals surface area (Å²) in [6.45, 7) is -0.246. The molecule has 3 aliphatic rings. The number of ether oxygens (including phenoxy) is 1. The molecule has 0 fully saturated rings. The van der Waals surface area contributed by atoms with Crippen LogP contribution in [0.25, 0.3) is 0 Å². The van der Waals surface area contributed by atoms with E-state index < -0.39 is 5.92 Å². The molecule has 1 aliphatic heterocycles. The van der Waals surface area contributed by atoms with Crippen LogP contribution in [0.4, 0.5) is 5.69 Å². The predicted octanol–water partition coefficient (Wildman–Crippen LogP) is 6.05. The number of nitrogens with zero attached hydrogens (tertiary/aromatic N) is 1. The lowest BCUT2D eigenvalue weighted by Crippen LogP contribution is -2.37. The topological polar surface area (TPSA) is 75.7 Å². The fourth-order valence-electron chi connectivity index (χ4n) is 5.43. The van der Waals surface area contributed by atoms with Gasteiger partial charge in [0.2, 0.25) is 0 Å². The summed E-state index contributed by atoms with van der Waals surface area (Å²) >= 11 is 12.0. The van der Waals surface area contributed by atoms with E-state index in [1.54, 1.807) is 24.3 Å². The largest absolute Gasteiger partial charge is 0.483 e. The molecule has 2 aliphatic carbocycles. The smallest absolute Gasteiger partial charge is 0.262 e. The highest BCUT2D eigenvalue weighted by molar-refractivity contribution is 6.42. The van der Waals surface area contributed by atoms with Gasteiger partial charge in [-0.2, -0.15) is 0 Å². The van der Waals surface area contributed by atoms with Gasteiger partial charge in [-0.1, -0.05) is 41.4 Å². The number of hydrogen-bond acceptors (Lipinski definition) is 5. The van der Waals surface area contributed by atoms with Crippen molar-refractivity contribution in [2.24, 2.45) is 0 Å². The van der Waals surface area contributed by atoms with Crippen molar-refractivity contribution in [3.8, 4) is 5.75 Å². The van der Waals surface area contributed by atoms with Gasteiger partial charge in [0, 0.05) is 59.6 Å². The second-order valence-corrected chi connectivity index (χ2v) is 10.1. The van der Waals surface area contributed by atoms with Crippen LogP contribution in [-0.4, -0.2) is 36.0 Å². The Kier molecular flexibility index (Phi) is 6.91. The third kappa shape index (κ3) is 4.56. The van der Waals surface area contributed by atoms with Crippen molar-refractivity contribution in [1.29, 1.82) is 0 Å². The highest BCUT2D eigenvalue weighted by Crippen LogP contribution is 2.50. The Bertz CT molecular complexity index is 1290. The van der Waals surface area contributed by atoms with Gasteiger partial charge in [0.1, 0.15) is 5.75 Å². The summed E-state index contributed by atoms with van der Waals surface area (Å²) < 4.78 is 5.98. The summed E-state index contributed by atoms with van der Waals surface area (Å²) in [5, 5.41) is 3.49. The van der Waals surface area contributed by atoms with Crippen molar-refractivity contribution in [2.75, 3.05) is 19.0 Å². The monoisotopic (exact) mass is 524 g/mol. The highest BCUT2D eigenvalue weighted by Gasteiger charge is 2.43.